The lowest BCUT2D eigenvalue weighted by molar-refractivity contribution is -0.159. The molecular formula is C27H42N2O7. The lowest BCUT2D eigenvalue weighted by atomic mass is 9.74. The lowest BCUT2D eigenvalue weighted by Gasteiger charge is -2.35. The van der Waals surface area contributed by atoms with Crippen LogP contribution in [0.5, 0.6) is 0 Å². The van der Waals surface area contributed by atoms with Crippen molar-refractivity contribution in [3.63, 3.8) is 0 Å². The summed E-state index contributed by atoms with van der Waals surface area (Å²) >= 11 is 0. The molecular weight excluding hydrogens is 464 g/mol. The Bertz CT molecular complexity index is 892. The lowest BCUT2D eigenvalue weighted by Crippen LogP contribution is -2.50. The highest BCUT2D eigenvalue weighted by molar-refractivity contribution is 6.06. The number of esters is 3. The Morgan fingerprint density at radius 2 is 1.58 bits per heavy atom. The van der Waals surface area contributed by atoms with Gasteiger partial charge < -0.3 is 24.8 Å². The van der Waals surface area contributed by atoms with E-state index >= 15 is 0 Å². The topological polar surface area (TPSA) is 120 Å². The highest BCUT2D eigenvalue weighted by Crippen LogP contribution is 2.38. The average Bonchev–Trinajstić information content (AvgIpc) is 2.81. The predicted molar refractivity (Wildman–Crippen MR) is 134 cm³/mol. The number of hydrogen-bond donors (Lipinski definition) is 2. The molecule has 202 valence electrons. The van der Waals surface area contributed by atoms with Gasteiger partial charge in [-0.05, 0) is 65.4 Å². The molecule has 0 bridgehead atoms. The molecule has 1 amide bonds. The molecule has 9 nitrogen and oxygen atoms in total. The summed E-state index contributed by atoms with van der Waals surface area (Å²) in [5.74, 6) is -3.18. The third-order valence-corrected chi connectivity index (χ3v) is 6.20. The number of allylic oxidation sites excluding steroid dienone is 1. The Hall–Kier alpha value is -2.84. The summed E-state index contributed by atoms with van der Waals surface area (Å²) in [6.45, 7) is 12.5. The van der Waals surface area contributed by atoms with Crippen LogP contribution in [0.1, 0.15) is 80.6 Å². The molecule has 1 aliphatic heterocycles. The Kier molecular flexibility index (Phi) is 10.5. The van der Waals surface area contributed by atoms with Crippen molar-refractivity contribution in [2.45, 2.75) is 92.2 Å². The quantitative estimate of drug-likeness (QED) is 0.360. The maximum Gasteiger partial charge on any atom is 0.355 e. The van der Waals surface area contributed by atoms with Crippen LogP contribution in [0.15, 0.2) is 23.0 Å². The zero-order valence-electron chi connectivity index (χ0n) is 22.7. The van der Waals surface area contributed by atoms with Crippen LogP contribution in [0.2, 0.25) is 0 Å². The van der Waals surface area contributed by atoms with Gasteiger partial charge in [-0.3, -0.25) is 4.79 Å². The van der Waals surface area contributed by atoms with Gasteiger partial charge in [0.2, 0.25) is 0 Å². The Morgan fingerprint density at radius 1 is 1.00 bits per heavy atom. The van der Waals surface area contributed by atoms with Crippen molar-refractivity contribution in [1.29, 1.82) is 0 Å². The Balaban J connectivity index is 2.53. The smallest absolute Gasteiger partial charge is 0.355 e. The largest absolute Gasteiger partial charge is 0.461 e. The number of carbonyl (C=O) groups excluding carboxylic acids is 4. The van der Waals surface area contributed by atoms with Gasteiger partial charge >= 0.3 is 17.9 Å². The van der Waals surface area contributed by atoms with Gasteiger partial charge in [0, 0.05) is 5.92 Å². The molecule has 0 saturated heterocycles. The van der Waals surface area contributed by atoms with Crippen molar-refractivity contribution in [2.24, 2.45) is 17.8 Å². The zero-order chi connectivity index (χ0) is 27.0. The molecule has 0 spiro atoms. The number of nitrogens with one attached hydrogen (secondary N) is 2. The third-order valence-electron chi connectivity index (χ3n) is 6.20. The van der Waals surface area contributed by atoms with Gasteiger partial charge in [-0.2, -0.15) is 0 Å². The number of amides is 1. The number of carbonyl (C=O) groups is 4. The molecule has 1 unspecified atom stereocenters. The van der Waals surface area contributed by atoms with E-state index in [2.05, 4.69) is 10.6 Å². The second kappa shape index (κ2) is 12.9. The summed E-state index contributed by atoms with van der Waals surface area (Å²) < 4.78 is 15.9. The highest BCUT2D eigenvalue weighted by Gasteiger charge is 2.40. The van der Waals surface area contributed by atoms with Crippen LogP contribution < -0.4 is 10.6 Å². The van der Waals surface area contributed by atoms with Gasteiger partial charge in [0.1, 0.15) is 23.0 Å². The summed E-state index contributed by atoms with van der Waals surface area (Å²) in [5, 5.41) is 5.62. The molecule has 2 N–H and O–H groups in total. The van der Waals surface area contributed by atoms with Gasteiger partial charge in [-0.15, -0.1) is 0 Å². The van der Waals surface area contributed by atoms with Gasteiger partial charge in [0.15, 0.2) is 0 Å². The summed E-state index contributed by atoms with van der Waals surface area (Å²) in [6.07, 6.45) is 6.47. The van der Waals surface area contributed by atoms with Crippen LogP contribution in [-0.4, -0.2) is 48.7 Å². The third kappa shape index (κ3) is 7.83. The van der Waals surface area contributed by atoms with Crippen LogP contribution >= 0.6 is 0 Å². The van der Waals surface area contributed by atoms with Crippen molar-refractivity contribution < 1.29 is 33.4 Å². The highest BCUT2D eigenvalue weighted by atomic mass is 16.6. The first-order chi connectivity index (χ1) is 16.9. The maximum atomic E-state index is 13.8. The Morgan fingerprint density at radius 3 is 2.11 bits per heavy atom. The number of rotatable bonds is 9. The monoisotopic (exact) mass is 506 g/mol. The molecule has 1 aliphatic carbocycles. The van der Waals surface area contributed by atoms with Crippen LogP contribution in [0.3, 0.4) is 0 Å². The van der Waals surface area contributed by atoms with E-state index in [9.17, 15) is 19.2 Å². The SMILES string of the molecule is CCOC(=O)C1=C[C@H](C2CCCCC2)C(C(=O)NC(C(=O)OC(C)(C)C)C(C)C)=C(C(=O)OCC)N1. The number of dihydropyridines is 1. The molecule has 0 aromatic carbocycles. The van der Waals surface area contributed by atoms with E-state index in [0.29, 0.717) is 0 Å². The van der Waals surface area contributed by atoms with E-state index in [1.807, 2.05) is 13.8 Å². The summed E-state index contributed by atoms with van der Waals surface area (Å²) in [6, 6.07) is -0.921. The van der Waals surface area contributed by atoms with Crippen LogP contribution in [-0.2, 0) is 33.4 Å². The molecule has 9 heteroatoms. The second-order valence-electron chi connectivity index (χ2n) is 10.6. The van der Waals surface area contributed by atoms with E-state index < -0.39 is 41.4 Å². The fraction of sp³-hybridized carbons (Fsp3) is 0.704. The second-order valence-corrected chi connectivity index (χ2v) is 10.6. The fourth-order valence-electron chi connectivity index (χ4n) is 4.58. The van der Waals surface area contributed by atoms with Crippen molar-refractivity contribution in [2.75, 3.05) is 13.2 Å². The molecule has 0 aromatic heterocycles. The predicted octanol–water partition coefficient (Wildman–Crippen LogP) is 3.53. The van der Waals surface area contributed by atoms with Gasteiger partial charge in [-0.1, -0.05) is 33.1 Å². The van der Waals surface area contributed by atoms with Crippen molar-refractivity contribution in [3.05, 3.63) is 23.0 Å². The first kappa shape index (κ1) is 29.4. The van der Waals surface area contributed by atoms with E-state index in [4.69, 9.17) is 14.2 Å². The first-order valence-electron chi connectivity index (χ1n) is 13.0. The van der Waals surface area contributed by atoms with Crippen molar-refractivity contribution in [1.82, 2.24) is 10.6 Å². The van der Waals surface area contributed by atoms with Gasteiger partial charge in [0.05, 0.1) is 18.8 Å². The summed E-state index contributed by atoms with van der Waals surface area (Å²) in [5.41, 5.74) is -0.539. The zero-order valence-corrected chi connectivity index (χ0v) is 22.7. The van der Waals surface area contributed by atoms with Crippen LogP contribution in [0, 0.1) is 17.8 Å². The molecule has 1 fully saturated rings. The minimum Gasteiger partial charge on any atom is -0.461 e. The molecule has 36 heavy (non-hydrogen) atoms. The molecule has 2 aliphatic rings. The van der Waals surface area contributed by atoms with E-state index in [-0.39, 0.29) is 42.0 Å². The summed E-state index contributed by atoms with van der Waals surface area (Å²) in [4.78, 5) is 52.3. The van der Waals surface area contributed by atoms with Gasteiger partial charge in [0.25, 0.3) is 5.91 Å². The van der Waals surface area contributed by atoms with Crippen molar-refractivity contribution >= 4 is 23.8 Å². The van der Waals surface area contributed by atoms with Crippen LogP contribution in [0.25, 0.3) is 0 Å². The average molecular weight is 507 g/mol. The molecule has 0 radical (unpaired) electrons. The van der Waals surface area contributed by atoms with E-state index in [0.717, 1.165) is 32.1 Å². The molecule has 1 saturated carbocycles. The summed E-state index contributed by atoms with van der Waals surface area (Å²) in [7, 11) is 0. The minimum absolute atomic E-state index is 0.0504. The van der Waals surface area contributed by atoms with Crippen molar-refractivity contribution in [3.8, 4) is 0 Å². The normalized spacial score (nSPS) is 19.7. The van der Waals surface area contributed by atoms with Crippen LogP contribution in [0.4, 0.5) is 0 Å². The Labute approximate surface area is 214 Å². The maximum absolute atomic E-state index is 13.8. The van der Waals surface area contributed by atoms with E-state index in [1.165, 1.54) is 0 Å². The molecule has 2 rings (SSSR count). The molecule has 0 aromatic rings. The van der Waals surface area contributed by atoms with Gasteiger partial charge in [-0.25, -0.2) is 14.4 Å². The minimum atomic E-state index is -0.921. The van der Waals surface area contributed by atoms with E-state index in [1.54, 1.807) is 40.7 Å². The standard InChI is InChI=1S/C27H42N2O7/c1-8-34-24(31)19-15-18(17-13-11-10-12-14-17)20(22(28-19)25(32)35-9-2)23(30)29-21(16(3)4)26(33)36-27(5,6)7/h15-18,21,28H,8-14H2,1-7H3,(H,29,30)/t18-,21?/m1/s1. The fourth-order valence-corrected chi connectivity index (χ4v) is 4.58. The molecule has 2 atom stereocenters. The number of ether oxygens (including phenoxy) is 3. The molecule has 1 heterocycles. The first-order valence-corrected chi connectivity index (χ1v) is 13.0. The number of hydrogen-bond acceptors (Lipinski definition) is 8.